The topological polar surface area (TPSA) is 61.5 Å². The van der Waals surface area contributed by atoms with Gasteiger partial charge in [-0.05, 0) is 42.5 Å². The Morgan fingerprint density at radius 3 is 2.47 bits per heavy atom. The van der Waals surface area contributed by atoms with Gasteiger partial charge in [-0.3, -0.25) is 0 Å². The van der Waals surface area contributed by atoms with E-state index in [2.05, 4.69) is 4.74 Å². The van der Waals surface area contributed by atoms with Crippen molar-refractivity contribution in [2.75, 3.05) is 12.8 Å². The van der Waals surface area contributed by atoms with Crippen molar-refractivity contribution in [2.45, 2.75) is 0 Å². The number of nitrogens with two attached hydrogens (primary N) is 1. The largest absolute Gasteiger partial charge is 0.465 e. The minimum absolute atomic E-state index is 0.215. The van der Waals surface area contributed by atoms with Crippen LogP contribution in [0.25, 0.3) is 0 Å². The molecule has 2 aromatic rings. The van der Waals surface area contributed by atoms with E-state index >= 15 is 0 Å². The Bertz CT molecular complexity index is 596. The van der Waals surface area contributed by atoms with Gasteiger partial charge in [0.1, 0.15) is 22.9 Å². The highest BCUT2D eigenvalue weighted by molar-refractivity contribution is 5.93. The van der Waals surface area contributed by atoms with Gasteiger partial charge in [0.25, 0.3) is 0 Å². The zero-order valence-corrected chi connectivity index (χ0v) is 10.2. The minimum atomic E-state index is -0.551. The zero-order chi connectivity index (χ0) is 13.8. The highest BCUT2D eigenvalue weighted by Gasteiger charge is 2.14. The van der Waals surface area contributed by atoms with Gasteiger partial charge in [-0.2, -0.15) is 0 Å². The van der Waals surface area contributed by atoms with Gasteiger partial charge in [-0.15, -0.1) is 0 Å². The molecule has 98 valence electrons. The molecule has 2 aromatic carbocycles. The summed E-state index contributed by atoms with van der Waals surface area (Å²) in [6, 6.07) is 10.1. The second-order valence-electron chi connectivity index (χ2n) is 3.80. The first-order chi connectivity index (χ1) is 9.10. The molecule has 0 radical (unpaired) electrons. The second-order valence-corrected chi connectivity index (χ2v) is 3.80. The fraction of sp³-hybridized carbons (Fsp3) is 0.0714. The quantitative estimate of drug-likeness (QED) is 0.681. The maximum Gasteiger partial charge on any atom is 0.341 e. The maximum absolute atomic E-state index is 12.8. The van der Waals surface area contributed by atoms with E-state index in [9.17, 15) is 9.18 Å². The average Bonchev–Trinajstić information content (AvgIpc) is 2.42. The van der Waals surface area contributed by atoms with Crippen molar-refractivity contribution in [1.82, 2.24) is 0 Å². The van der Waals surface area contributed by atoms with Crippen LogP contribution in [0.1, 0.15) is 10.4 Å². The summed E-state index contributed by atoms with van der Waals surface area (Å²) < 4.78 is 23.0. The number of hydrogen-bond donors (Lipinski definition) is 1. The summed E-state index contributed by atoms with van der Waals surface area (Å²) in [5, 5.41) is 0. The molecule has 0 aliphatic rings. The molecule has 0 saturated heterocycles. The van der Waals surface area contributed by atoms with E-state index in [1.165, 1.54) is 37.4 Å². The number of ether oxygens (including phenoxy) is 2. The molecule has 5 heteroatoms. The van der Waals surface area contributed by atoms with Crippen LogP contribution >= 0.6 is 0 Å². The molecule has 0 unspecified atom stereocenters. The van der Waals surface area contributed by atoms with Gasteiger partial charge >= 0.3 is 5.97 Å². The molecular weight excluding hydrogens is 249 g/mol. The molecule has 0 heterocycles. The molecule has 0 aromatic heterocycles. The molecule has 0 amide bonds. The van der Waals surface area contributed by atoms with Gasteiger partial charge in [0.05, 0.1) is 7.11 Å². The molecule has 0 bridgehead atoms. The number of halogens is 1. The van der Waals surface area contributed by atoms with Crippen molar-refractivity contribution in [1.29, 1.82) is 0 Å². The SMILES string of the molecule is COC(=O)c1cc(N)ccc1Oc1ccc(F)cc1. The van der Waals surface area contributed by atoms with Gasteiger partial charge in [-0.1, -0.05) is 0 Å². The Hall–Kier alpha value is -2.56. The number of anilines is 1. The maximum atomic E-state index is 12.8. The third-order valence-corrected chi connectivity index (χ3v) is 2.45. The van der Waals surface area contributed by atoms with E-state index in [-0.39, 0.29) is 11.4 Å². The van der Waals surface area contributed by atoms with Crippen LogP contribution in [0.15, 0.2) is 42.5 Å². The van der Waals surface area contributed by atoms with Gasteiger partial charge in [-0.25, -0.2) is 9.18 Å². The number of hydrogen-bond acceptors (Lipinski definition) is 4. The van der Waals surface area contributed by atoms with Crippen LogP contribution in [0.2, 0.25) is 0 Å². The summed E-state index contributed by atoms with van der Waals surface area (Å²) in [6.07, 6.45) is 0. The van der Waals surface area contributed by atoms with E-state index in [1.54, 1.807) is 12.1 Å². The lowest BCUT2D eigenvalue weighted by molar-refractivity contribution is 0.0598. The van der Waals surface area contributed by atoms with Crippen molar-refractivity contribution in [3.8, 4) is 11.5 Å². The Morgan fingerprint density at radius 1 is 1.16 bits per heavy atom. The number of methoxy groups -OCH3 is 1. The molecule has 0 aliphatic heterocycles. The molecule has 19 heavy (non-hydrogen) atoms. The summed E-state index contributed by atoms with van der Waals surface area (Å²) in [4.78, 5) is 11.6. The number of esters is 1. The number of benzene rings is 2. The van der Waals surface area contributed by atoms with E-state index < -0.39 is 5.97 Å². The van der Waals surface area contributed by atoms with Crippen molar-refractivity contribution < 1.29 is 18.7 Å². The number of carbonyl (C=O) groups is 1. The predicted molar refractivity (Wildman–Crippen MR) is 68.7 cm³/mol. The van der Waals surface area contributed by atoms with Crippen LogP contribution in [-0.2, 0) is 4.74 Å². The third kappa shape index (κ3) is 3.01. The fourth-order valence-electron chi connectivity index (χ4n) is 1.54. The molecule has 2 N–H and O–H groups in total. The van der Waals surface area contributed by atoms with Gasteiger partial charge in [0.2, 0.25) is 0 Å². The van der Waals surface area contributed by atoms with Gasteiger partial charge in [0.15, 0.2) is 0 Å². The summed E-state index contributed by atoms with van der Waals surface area (Å²) >= 11 is 0. The van der Waals surface area contributed by atoms with Crippen LogP contribution in [0.4, 0.5) is 10.1 Å². The monoisotopic (exact) mass is 261 g/mol. The first-order valence-electron chi connectivity index (χ1n) is 5.51. The van der Waals surface area contributed by atoms with Gasteiger partial charge in [0, 0.05) is 5.69 Å². The lowest BCUT2D eigenvalue weighted by Crippen LogP contribution is -2.04. The molecule has 0 fully saturated rings. The highest BCUT2D eigenvalue weighted by atomic mass is 19.1. The zero-order valence-electron chi connectivity index (χ0n) is 10.2. The second kappa shape index (κ2) is 5.39. The van der Waals surface area contributed by atoms with E-state index in [0.717, 1.165) is 0 Å². The first kappa shape index (κ1) is 12.9. The van der Waals surface area contributed by atoms with Crippen molar-refractivity contribution in [3.05, 3.63) is 53.8 Å². The molecule has 4 nitrogen and oxygen atoms in total. The van der Waals surface area contributed by atoms with Crippen molar-refractivity contribution in [2.24, 2.45) is 0 Å². The fourth-order valence-corrected chi connectivity index (χ4v) is 1.54. The van der Waals surface area contributed by atoms with E-state index in [4.69, 9.17) is 10.5 Å². The van der Waals surface area contributed by atoms with Crippen molar-refractivity contribution in [3.63, 3.8) is 0 Å². The Kier molecular flexibility index (Phi) is 3.66. The van der Waals surface area contributed by atoms with Crippen LogP contribution in [-0.4, -0.2) is 13.1 Å². The summed E-state index contributed by atoms with van der Waals surface area (Å²) in [6.45, 7) is 0. The predicted octanol–water partition coefficient (Wildman–Crippen LogP) is 2.99. The number of rotatable bonds is 3. The lowest BCUT2D eigenvalue weighted by Gasteiger charge is -2.10. The van der Waals surface area contributed by atoms with Gasteiger partial charge < -0.3 is 15.2 Å². The Balaban J connectivity index is 2.34. The Labute approximate surface area is 109 Å². The summed E-state index contributed by atoms with van der Waals surface area (Å²) in [5.74, 6) is -0.203. The van der Waals surface area contributed by atoms with Crippen LogP contribution < -0.4 is 10.5 Å². The van der Waals surface area contributed by atoms with Crippen LogP contribution in [0.5, 0.6) is 11.5 Å². The summed E-state index contributed by atoms with van der Waals surface area (Å²) in [7, 11) is 1.27. The normalized spacial score (nSPS) is 10.0. The van der Waals surface area contributed by atoms with Crippen LogP contribution in [0.3, 0.4) is 0 Å². The molecule has 0 atom stereocenters. The smallest absolute Gasteiger partial charge is 0.341 e. The highest BCUT2D eigenvalue weighted by Crippen LogP contribution is 2.27. The molecule has 0 spiro atoms. The average molecular weight is 261 g/mol. The third-order valence-electron chi connectivity index (χ3n) is 2.45. The standard InChI is InChI=1S/C14H12FNO3/c1-18-14(17)12-8-10(16)4-7-13(12)19-11-5-2-9(15)3-6-11/h2-8H,16H2,1H3. The molecular formula is C14H12FNO3. The summed E-state index contributed by atoms with van der Waals surface area (Å²) in [5.41, 5.74) is 6.26. The molecule has 2 rings (SSSR count). The lowest BCUT2D eigenvalue weighted by atomic mass is 10.2. The first-order valence-corrected chi connectivity index (χ1v) is 5.51. The van der Waals surface area contributed by atoms with E-state index in [1.807, 2.05) is 0 Å². The van der Waals surface area contributed by atoms with E-state index in [0.29, 0.717) is 17.2 Å². The van der Waals surface area contributed by atoms with Crippen LogP contribution in [0, 0.1) is 5.82 Å². The Morgan fingerprint density at radius 2 is 1.84 bits per heavy atom. The number of carbonyl (C=O) groups excluding carboxylic acids is 1. The molecule has 0 aliphatic carbocycles. The minimum Gasteiger partial charge on any atom is -0.465 e. The number of nitrogen functional groups attached to an aromatic ring is 1. The molecule has 0 saturated carbocycles. The van der Waals surface area contributed by atoms with Crippen molar-refractivity contribution >= 4 is 11.7 Å².